The number of amides is 2. The first-order chi connectivity index (χ1) is 20.6. The molecule has 7 nitrogen and oxygen atoms in total. The molecule has 2 atom stereocenters. The maximum absolute atomic E-state index is 14.3. The van der Waals surface area contributed by atoms with Crippen LogP contribution in [-0.4, -0.2) is 62.5 Å². The molecule has 5 rings (SSSR count). The predicted octanol–water partition coefficient (Wildman–Crippen LogP) is 6.05. The molecule has 1 N–H and O–H groups in total. The standard InChI is InChI=1S/C34H39Cl2N3O4/c1-23(40)37-33(25-8-6-5-7-9-25)14-16-39(17-15-33)22-27-20-34(27,26-11-13-29(35)30(36)18-26)32(41)38(2)21-24-10-12-28(42-3)19-31(24)43-4/h5-13,18-19,27H,14-17,20-22H2,1-4H3,(H,37,40). The van der Waals surface area contributed by atoms with Crippen LogP contribution in [0, 0.1) is 5.92 Å². The first kappa shape index (κ1) is 31.2. The van der Waals surface area contributed by atoms with E-state index >= 15 is 0 Å². The molecule has 2 amide bonds. The quantitative estimate of drug-likeness (QED) is 0.297. The normalized spacial score (nSPS) is 21.1. The minimum absolute atomic E-state index is 0.0275. The Morgan fingerprint density at radius 2 is 1.67 bits per heavy atom. The lowest BCUT2D eigenvalue weighted by Gasteiger charge is -2.43. The third kappa shape index (κ3) is 6.35. The number of carbonyl (C=O) groups is 2. The third-order valence-corrected chi connectivity index (χ3v) is 9.84. The number of nitrogens with one attached hydrogen (secondary N) is 1. The number of piperidine rings is 1. The number of halogens is 2. The number of hydrogen-bond acceptors (Lipinski definition) is 5. The van der Waals surface area contributed by atoms with Crippen LogP contribution in [0.25, 0.3) is 0 Å². The SMILES string of the molecule is COc1ccc(CN(C)C(=O)C2(c3ccc(Cl)c(Cl)c3)CC2CN2CCC(NC(C)=O)(c3ccccc3)CC2)c(OC)c1. The molecule has 9 heteroatoms. The van der Waals surface area contributed by atoms with E-state index < -0.39 is 5.41 Å². The maximum Gasteiger partial charge on any atom is 0.233 e. The second-order valence-electron chi connectivity index (χ2n) is 11.8. The number of likely N-dealkylation sites (N-methyl/N-ethyl adjacent to an activating group) is 1. The largest absolute Gasteiger partial charge is 0.497 e. The van der Waals surface area contributed by atoms with Gasteiger partial charge in [-0.05, 0) is 60.6 Å². The van der Waals surface area contributed by atoms with Crippen molar-refractivity contribution in [3.8, 4) is 11.5 Å². The van der Waals surface area contributed by atoms with Crippen LogP contribution in [0.3, 0.4) is 0 Å². The minimum atomic E-state index is -0.700. The van der Waals surface area contributed by atoms with Crippen LogP contribution in [0.15, 0.2) is 66.7 Å². The van der Waals surface area contributed by atoms with Gasteiger partial charge in [0.1, 0.15) is 11.5 Å². The van der Waals surface area contributed by atoms with Crippen molar-refractivity contribution in [1.82, 2.24) is 15.1 Å². The zero-order valence-electron chi connectivity index (χ0n) is 25.2. The Bertz CT molecular complexity index is 1480. The fourth-order valence-electron chi connectivity index (χ4n) is 6.72. The van der Waals surface area contributed by atoms with Crippen LogP contribution in [0.1, 0.15) is 42.9 Å². The van der Waals surface area contributed by atoms with E-state index in [9.17, 15) is 9.59 Å². The molecule has 1 saturated carbocycles. The molecule has 0 bridgehead atoms. The van der Waals surface area contributed by atoms with Crippen LogP contribution >= 0.6 is 23.2 Å². The zero-order valence-corrected chi connectivity index (χ0v) is 26.7. The summed E-state index contributed by atoms with van der Waals surface area (Å²) < 4.78 is 10.9. The number of nitrogens with zero attached hydrogens (tertiary/aromatic N) is 2. The summed E-state index contributed by atoms with van der Waals surface area (Å²) in [5.41, 5.74) is 1.83. The van der Waals surface area contributed by atoms with Gasteiger partial charge in [-0.25, -0.2) is 0 Å². The van der Waals surface area contributed by atoms with Gasteiger partial charge in [0.15, 0.2) is 0 Å². The molecule has 1 heterocycles. The highest BCUT2D eigenvalue weighted by Crippen LogP contribution is 2.57. The van der Waals surface area contributed by atoms with Gasteiger partial charge in [-0.2, -0.15) is 0 Å². The van der Waals surface area contributed by atoms with Gasteiger partial charge in [0.05, 0.1) is 35.2 Å². The van der Waals surface area contributed by atoms with Crippen LogP contribution in [0.2, 0.25) is 10.0 Å². The fourth-order valence-corrected chi connectivity index (χ4v) is 7.02. The Kier molecular flexibility index (Phi) is 9.26. The van der Waals surface area contributed by atoms with Gasteiger partial charge < -0.3 is 24.6 Å². The van der Waals surface area contributed by atoms with Crippen molar-refractivity contribution >= 4 is 35.0 Å². The highest BCUT2D eigenvalue weighted by Gasteiger charge is 2.62. The summed E-state index contributed by atoms with van der Waals surface area (Å²) in [6, 6.07) is 21.4. The Hall–Kier alpha value is -3.26. The van der Waals surface area contributed by atoms with Gasteiger partial charge in [0.25, 0.3) is 0 Å². The van der Waals surface area contributed by atoms with E-state index in [1.807, 2.05) is 55.6 Å². The molecule has 1 aliphatic heterocycles. The molecule has 0 radical (unpaired) electrons. The third-order valence-electron chi connectivity index (χ3n) is 9.10. The Morgan fingerprint density at radius 1 is 0.953 bits per heavy atom. The van der Waals surface area contributed by atoms with E-state index in [4.69, 9.17) is 32.7 Å². The number of rotatable bonds is 10. The van der Waals surface area contributed by atoms with Crippen LogP contribution in [0.4, 0.5) is 0 Å². The predicted molar refractivity (Wildman–Crippen MR) is 170 cm³/mol. The molecule has 1 aliphatic carbocycles. The molecule has 0 spiro atoms. The molecule has 2 aliphatic rings. The lowest BCUT2D eigenvalue weighted by molar-refractivity contribution is -0.133. The highest BCUT2D eigenvalue weighted by atomic mass is 35.5. The highest BCUT2D eigenvalue weighted by molar-refractivity contribution is 6.42. The number of hydrogen-bond donors (Lipinski definition) is 1. The van der Waals surface area contributed by atoms with Gasteiger partial charge in [0, 0.05) is 51.8 Å². The number of ether oxygens (including phenoxy) is 2. The summed E-state index contributed by atoms with van der Waals surface area (Å²) in [7, 11) is 5.07. The maximum atomic E-state index is 14.3. The van der Waals surface area contributed by atoms with Crippen molar-refractivity contribution in [2.24, 2.45) is 5.92 Å². The van der Waals surface area contributed by atoms with Crippen molar-refractivity contribution in [1.29, 1.82) is 0 Å². The number of methoxy groups -OCH3 is 2. The summed E-state index contributed by atoms with van der Waals surface area (Å²) in [4.78, 5) is 30.7. The average Bonchev–Trinajstić information content (AvgIpc) is 3.73. The summed E-state index contributed by atoms with van der Waals surface area (Å²) in [6.07, 6.45) is 2.32. The van der Waals surface area contributed by atoms with E-state index in [2.05, 4.69) is 22.3 Å². The van der Waals surface area contributed by atoms with Gasteiger partial charge in [-0.3, -0.25) is 9.59 Å². The van der Waals surface area contributed by atoms with Crippen molar-refractivity contribution in [2.75, 3.05) is 40.9 Å². The fraction of sp³-hybridized carbons (Fsp3) is 0.412. The van der Waals surface area contributed by atoms with Gasteiger partial charge in [0.2, 0.25) is 11.8 Å². The smallest absolute Gasteiger partial charge is 0.233 e. The Morgan fingerprint density at radius 3 is 2.30 bits per heavy atom. The lowest BCUT2D eigenvalue weighted by Crippen LogP contribution is -2.53. The lowest BCUT2D eigenvalue weighted by atomic mass is 9.80. The van der Waals surface area contributed by atoms with E-state index in [0.29, 0.717) is 28.1 Å². The van der Waals surface area contributed by atoms with E-state index in [1.54, 1.807) is 32.1 Å². The monoisotopic (exact) mass is 623 g/mol. The topological polar surface area (TPSA) is 71.1 Å². The van der Waals surface area contributed by atoms with Gasteiger partial charge >= 0.3 is 0 Å². The molecule has 2 fully saturated rings. The van der Waals surface area contributed by atoms with E-state index in [0.717, 1.165) is 55.6 Å². The van der Waals surface area contributed by atoms with Crippen molar-refractivity contribution in [2.45, 2.75) is 43.7 Å². The van der Waals surface area contributed by atoms with Gasteiger partial charge in [-0.15, -0.1) is 0 Å². The second-order valence-corrected chi connectivity index (χ2v) is 12.6. The van der Waals surface area contributed by atoms with Crippen LogP contribution in [-0.2, 0) is 27.1 Å². The van der Waals surface area contributed by atoms with E-state index in [-0.39, 0.29) is 23.3 Å². The molecular formula is C34H39Cl2N3O4. The molecule has 3 aromatic carbocycles. The number of carbonyl (C=O) groups excluding carboxylic acids is 2. The summed E-state index contributed by atoms with van der Waals surface area (Å²) in [6.45, 7) is 4.38. The van der Waals surface area contributed by atoms with Crippen molar-refractivity contribution in [3.05, 3.63) is 93.5 Å². The van der Waals surface area contributed by atoms with Crippen LogP contribution in [0.5, 0.6) is 11.5 Å². The number of likely N-dealkylation sites (tertiary alicyclic amines) is 1. The molecule has 0 aromatic heterocycles. The van der Waals surface area contributed by atoms with Gasteiger partial charge in [-0.1, -0.05) is 59.6 Å². The Balaban J connectivity index is 1.35. The summed E-state index contributed by atoms with van der Waals surface area (Å²) >= 11 is 12.7. The minimum Gasteiger partial charge on any atom is -0.497 e. The average molecular weight is 625 g/mol. The first-order valence-corrected chi connectivity index (χ1v) is 15.4. The van der Waals surface area contributed by atoms with Crippen molar-refractivity contribution < 1.29 is 19.1 Å². The number of benzene rings is 3. The molecule has 2 unspecified atom stereocenters. The van der Waals surface area contributed by atoms with Crippen molar-refractivity contribution in [3.63, 3.8) is 0 Å². The summed E-state index contributed by atoms with van der Waals surface area (Å²) in [5, 5.41) is 4.16. The molecule has 1 saturated heterocycles. The summed E-state index contributed by atoms with van der Waals surface area (Å²) in [5.74, 6) is 1.50. The molecule has 228 valence electrons. The second kappa shape index (κ2) is 12.8. The van der Waals surface area contributed by atoms with Crippen LogP contribution < -0.4 is 14.8 Å². The van der Waals surface area contributed by atoms with E-state index in [1.165, 1.54) is 0 Å². The Labute approximate surface area is 264 Å². The first-order valence-electron chi connectivity index (χ1n) is 14.6. The molecular weight excluding hydrogens is 585 g/mol. The molecule has 43 heavy (non-hydrogen) atoms. The molecule has 3 aromatic rings. The zero-order chi connectivity index (χ0) is 30.8.